The van der Waals surface area contributed by atoms with Crippen molar-refractivity contribution in [2.24, 2.45) is 11.7 Å². The second-order valence-corrected chi connectivity index (χ2v) is 6.27. The van der Waals surface area contributed by atoms with Crippen LogP contribution in [0.4, 0.5) is 5.69 Å². The van der Waals surface area contributed by atoms with Gasteiger partial charge in [-0.15, -0.1) is 0 Å². The molecule has 5 nitrogen and oxygen atoms in total. The summed E-state index contributed by atoms with van der Waals surface area (Å²) in [5.74, 6) is -0.648. The van der Waals surface area contributed by atoms with Gasteiger partial charge in [-0.25, -0.2) is 8.42 Å². The fraction of sp³-hybridized carbons (Fsp3) is 0.417. The summed E-state index contributed by atoms with van der Waals surface area (Å²) in [6.07, 6.45) is 0. The Morgan fingerprint density at radius 1 is 1.39 bits per heavy atom. The molecule has 3 N–H and O–H groups in total. The minimum absolute atomic E-state index is 0.00761. The van der Waals surface area contributed by atoms with Crippen LogP contribution < -0.4 is 11.1 Å². The molecule has 0 bridgehead atoms. The van der Waals surface area contributed by atoms with Gasteiger partial charge in [0.15, 0.2) is 9.84 Å². The maximum Gasteiger partial charge on any atom is 0.228 e. The number of carbonyl (C=O) groups is 1. The zero-order valence-corrected chi connectivity index (χ0v) is 11.3. The number of sulfone groups is 1. The molecule has 0 saturated heterocycles. The van der Waals surface area contributed by atoms with Crippen molar-refractivity contribution in [1.29, 1.82) is 0 Å². The molecule has 0 spiro atoms. The smallest absolute Gasteiger partial charge is 0.228 e. The van der Waals surface area contributed by atoms with Crippen molar-refractivity contribution in [1.82, 2.24) is 0 Å². The monoisotopic (exact) mass is 270 g/mol. The lowest BCUT2D eigenvalue weighted by Gasteiger charge is -2.13. The molecule has 0 aromatic heterocycles. The van der Waals surface area contributed by atoms with E-state index in [0.717, 1.165) is 0 Å². The Morgan fingerprint density at radius 3 is 2.56 bits per heavy atom. The third-order valence-corrected chi connectivity index (χ3v) is 4.45. The molecular formula is C12H18N2O3S. The van der Waals surface area contributed by atoms with E-state index in [9.17, 15) is 13.2 Å². The predicted octanol–water partition coefficient (Wildman–Crippen LogP) is 1.01. The Morgan fingerprint density at radius 2 is 2.00 bits per heavy atom. The van der Waals surface area contributed by atoms with E-state index in [0.29, 0.717) is 5.69 Å². The fourth-order valence-electron chi connectivity index (χ4n) is 1.36. The van der Waals surface area contributed by atoms with Gasteiger partial charge in [0.05, 0.1) is 16.3 Å². The van der Waals surface area contributed by atoms with E-state index in [4.69, 9.17) is 5.73 Å². The second kappa shape index (κ2) is 5.97. The molecule has 1 aromatic carbocycles. The molecule has 0 radical (unpaired) electrons. The molecule has 0 heterocycles. The highest BCUT2D eigenvalue weighted by atomic mass is 32.2. The molecule has 1 rings (SSSR count). The summed E-state index contributed by atoms with van der Waals surface area (Å²) in [5.41, 5.74) is 5.71. The number of hydrogen-bond donors (Lipinski definition) is 2. The summed E-state index contributed by atoms with van der Waals surface area (Å²) < 4.78 is 23.7. The SMILES string of the molecule is CCS(=O)(=O)c1ccccc1NC(=O)C(C)CN. The lowest BCUT2D eigenvalue weighted by Crippen LogP contribution is -2.27. The standard InChI is InChI=1S/C12H18N2O3S/c1-3-18(16,17)11-7-5-4-6-10(11)14-12(15)9(2)8-13/h4-7,9H,3,8,13H2,1-2H3,(H,14,15). The number of nitrogens with one attached hydrogen (secondary N) is 1. The summed E-state index contributed by atoms with van der Waals surface area (Å²) in [6, 6.07) is 6.37. The summed E-state index contributed by atoms with van der Waals surface area (Å²) in [5, 5.41) is 2.60. The zero-order valence-electron chi connectivity index (χ0n) is 10.5. The fourth-order valence-corrected chi connectivity index (χ4v) is 2.41. The van der Waals surface area contributed by atoms with Crippen molar-refractivity contribution < 1.29 is 13.2 Å². The number of rotatable bonds is 5. The number of benzene rings is 1. The Kier molecular flexibility index (Phi) is 4.86. The van der Waals surface area contributed by atoms with E-state index in [1.807, 2.05) is 0 Å². The number of anilines is 1. The van der Waals surface area contributed by atoms with E-state index in [1.165, 1.54) is 6.07 Å². The van der Waals surface area contributed by atoms with E-state index in [2.05, 4.69) is 5.32 Å². The maximum absolute atomic E-state index is 11.9. The first-order chi connectivity index (χ1) is 8.42. The molecule has 0 aliphatic heterocycles. The molecule has 6 heteroatoms. The van der Waals surface area contributed by atoms with Crippen molar-refractivity contribution >= 4 is 21.4 Å². The second-order valence-electron chi connectivity index (χ2n) is 4.03. The van der Waals surface area contributed by atoms with Crippen molar-refractivity contribution in [3.8, 4) is 0 Å². The van der Waals surface area contributed by atoms with Crippen molar-refractivity contribution in [3.63, 3.8) is 0 Å². The van der Waals surface area contributed by atoms with Crippen LogP contribution in [0.1, 0.15) is 13.8 Å². The molecule has 100 valence electrons. The van der Waals surface area contributed by atoms with Gasteiger partial charge in [-0.2, -0.15) is 0 Å². The molecule has 1 aromatic rings. The number of carbonyl (C=O) groups excluding carboxylic acids is 1. The third kappa shape index (κ3) is 3.30. The highest BCUT2D eigenvalue weighted by molar-refractivity contribution is 7.91. The van der Waals surface area contributed by atoms with Crippen LogP contribution in [-0.2, 0) is 14.6 Å². The van der Waals surface area contributed by atoms with Crippen LogP contribution in [0.5, 0.6) is 0 Å². The van der Waals surface area contributed by atoms with Gasteiger partial charge in [-0.05, 0) is 12.1 Å². The third-order valence-electron chi connectivity index (χ3n) is 2.66. The first-order valence-corrected chi connectivity index (χ1v) is 7.40. The minimum Gasteiger partial charge on any atom is -0.330 e. The van der Waals surface area contributed by atoms with Gasteiger partial charge >= 0.3 is 0 Å². The Hall–Kier alpha value is -1.40. The number of amides is 1. The minimum atomic E-state index is -3.35. The van der Waals surface area contributed by atoms with Crippen molar-refractivity contribution in [2.45, 2.75) is 18.7 Å². The van der Waals surface area contributed by atoms with Crippen molar-refractivity contribution in [2.75, 3.05) is 17.6 Å². The summed E-state index contributed by atoms with van der Waals surface area (Å²) >= 11 is 0. The topological polar surface area (TPSA) is 89.3 Å². The van der Waals surface area contributed by atoms with Gasteiger partial charge in [-0.3, -0.25) is 4.79 Å². The zero-order chi connectivity index (χ0) is 13.8. The molecule has 1 atom stereocenters. The van der Waals surface area contributed by atoms with Crippen LogP contribution in [-0.4, -0.2) is 26.6 Å². The van der Waals surface area contributed by atoms with Crippen LogP contribution in [0, 0.1) is 5.92 Å². The van der Waals surface area contributed by atoms with Gasteiger partial charge in [0.2, 0.25) is 5.91 Å². The first kappa shape index (κ1) is 14.7. The number of para-hydroxylation sites is 1. The molecule has 1 amide bonds. The van der Waals surface area contributed by atoms with E-state index < -0.39 is 9.84 Å². The summed E-state index contributed by atoms with van der Waals surface area (Å²) in [7, 11) is -3.35. The normalized spacial score (nSPS) is 13.1. The molecule has 1 unspecified atom stereocenters. The molecule has 0 fully saturated rings. The number of hydrogen-bond acceptors (Lipinski definition) is 4. The number of nitrogens with two attached hydrogens (primary N) is 1. The van der Waals surface area contributed by atoms with Crippen LogP contribution in [0.15, 0.2) is 29.2 Å². The highest BCUT2D eigenvalue weighted by Gasteiger charge is 2.19. The highest BCUT2D eigenvalue weighted by Crippen LogP contribution is 2.22. The van der Waals surface area contributed by atoms with E-state index >= 15 is 0 Å². The van der Waals surface area contributed by atoms with Crippen LogP contribution in [0.2, 0.25) is 0 Å². The first-order valence-electron chi connectivity index (χ1n) is 5.75. The van der Waals surface area contributed by atoms with E-state index in [1.54, 1.807) is 32.0 Å². The molecule has 0 aliphatic rings. The Balaban J connectivity index is 3.08. The van der Waals surface area contributed by atoms with Gasteiger partial charge < -0.3 is 11.1 Å². The largest absolute Gasteiger partial charge is 0.330 e. The van der Waals surface area contributed by atoms with Gasteiger partial charge in [0, 0.05) is 12.5 Å². The van der Waals surface area contributed by atoms with Gasteiger partial charge in [0.1, 0.15) is 0 Å². The van der Waals surface area contributed by atoms with Crippen LogP contribution in [0.3, 0.4) is 0 Å². The van der Waals surface area contributed by atoms with Crippen molar-refractivity contribution in [3.05, 3.63) is 24.3 Å². The Labute approximate surface area is 107 Å². The average Bonchev–Trinajstić information content (AvgIpc) is 2.38. The lowest BCUT2D eigenvalue weighted by atomic mass is 10.1. The van der Waals surface area contributed by atoms with Crippen LogP contribution >= 0.6 is 0 Å². The van der Waals surface area contributed by atoms with Gasteiger partial charge in [0.25, 0.3) is 0 Å². The molecule has 0 saturated carbocycles. The van der Waals surface area contributed by atoms with Gasteiger partial charge in [-0.1, -0.05) is 26.0 Å². The molecule has 0 aliphatic carbocycles. The quantitative estimate of drug-likeness (QED) is 0.835. The van der Waals surface area contributed by atoms with E-state index in [-0.39, 0.29) is 29.0 Å². The average molecular weight is 270 g/mol. The molecular weight excluding hydrogens is 252 g/mol. The Bertz CT molecular complexity index is 526. The molecule has 18 heavy (non-hydrogen) atoms. The van der Waals surface area contributed by atoms with Crippen LogP contribution in [0.25, 0.3) is 0 Å². The summed E-state index contributed by atoms with van der Waals surface area (Å²) in [6.45, 7) is 3.47. The summed E-state index contributed by atoms with van der Waals surface area (Å²) in [4.78, 5) is 11.9. The maximum atomic E-state index is 11.9. The lowest BCUT2D eigenvalue weighted by molar-refractivity contribution is -0.119. The predicted molar refractivity (Wildman–Crippen MR) is 71.0 cm³/mol.